The molecule has 3 aromatic carbocycles. The van der Waals surface area contributed by atoms with Crippen LogP contribution in [0.3, 0.4) is 0 Å². The van der Waals surface area contributed by atoms with Gasteiger partial charge in [-0.3, -0.25) is 9.59 Å². The molecule has 28 heavy (non-hydrogen) atoms. The van der Waals surface area contributed by atoms with Crippen molar-refractivity contribution in [3.63, 3.8) is 0 Å². The molecule has 0 aromatic heterocycles. The first-order valence-corrected chi connectivity index (χ1v) is 10.1. The maximum atomic E-state index is 12.5. The molecule has 1 atom stereocenters. The molecule has 0 heterocycles. The van der Waals surface area contributed by atoms with Crippen molar-refractivity contribution in [3.05, 3.63) is 105 Å². The van der Waals surface area contributed by atoms with Crippen LogP contribution in [-0.2, 0) is 11.2 Å². The Bertz CT molecular complexity index is 930. The summed E-state index contributed by atoms with van der Waals surface area (Å²) >= 11 is 2.11. The molecule has 4 nitrogen and oxygen atoms in total. The predicted octanol–water partition coefficient (Wildman–Crippen LogP) is 4.12. The Hall–Kier alpha value is -2.67. The molecule has 5 heteroatoms. The summed E-state index contributed by atoms with van der Waals surface area (Å²) in [5.74, 6) is -0.469. The Balaban J connectivity index is 1.64. The topological polar surface area (TPSA) is 58.2 Å². The van der Waals surface area contributed by atoms with Crippen molar-refractivity contribution in [2.24, 2.45) is 0 Å². The summed E-state index contributed by atoms with van der Waals surface area (Å²) in [5, 5.41) is 5.75. The lowest BCUT2D eigenvalue weighted by molar-refractivity contribution is -0.120. The number of carbonyl (C=O) groups excluding carboxylic acids is 2. The fourth-order valence-electron chi connectivity index (χ4n) is 2.93. The Morgan fingerprint density at radius 1 is 0.821 bits per heavy atom. The van der Waals surface area contributed by atoms with E-state index < -0.39 is 0 Å². The molecule has 0 fully saturated rings. The number of rotatable bonds is 7. The van der Waals surface area contributed by atoms with E-state index in [-0.39, 0.29) is 24.4 Å². The molecule has 3 aromatic rings. The average molecular weight is 484 g/mol. The first-order chi connectivity index (χ1) is 13.6. The van der Waals surface area contributed by atoms with Gasteiger partial charge in [-0.05, 0) is 52.3 Å². The second kappa shape index (κ2) is 10.0. The molecule has 0 radical (unpaired) electrons. The van der Waals surface area contributed by atoms with Crippen LogP contribution < -0.4 is 10.6 Å². The minimum absolute atomic E-state index is 0.0675. The molecule has 0 bridgehead atoms. The van der Waals surface area contributed by atoms with Crippen LogP contribution in [0.2, 0.25) is 0 Å². The monoisotopic (exact) mass is 484 g/mol. The molecule has 2 N–H and O–H groups in total. The van der Waals surface area contributed by atoms with Gasteiger partial charge in [-0.15, -0.1) is 0 Å². The van der Waals surface area contributed by atoms with Crippen LogP contribution in [0.5, 0.6) is 0 Å². The Morgan fingerprint density at radius 2 is 1.43 bits per heavy atom. The predicted molar refractivity (Wildman–Crippen MR) is 119 cm³/mol. The summed E-state index contributed by atoms with van der Waals surface area (Å²) < 4.78 is 0.851. The summed E-state index contributed by atoms with van der Waals surface area (Å²) in [6.45, 7) is -0.0675. The second-order valence-electron chi connectivity index (χ2n) is 6.38. The third-order valence-corrected chi connectivity index (χ3v) is 5.29. The zero-order valence-electron chi connectivity index (χ0n) is 15.3. The highest BCUT2D eigenvalue weighted by molar-refractivity contribution is 14.1. The molecule has 0 saturated carbocycles. The summed E-state index contributed by atoms with van der Waals surface area (Å²) in [6, 6.07) is 27.0. The molecule has 0 saturated heterocycles. The molecular weight excluding hydrogens is 463 g/mol. The molecule has 3 rings (SSSR count). The number of benzene rings is 3. The molecule has 1 unspecified atom stereocenters. The third kappa shape index (κ3) is 5.66. The Kier molecular flexibility index (Phi) is 7.19. The lowest BCUT2D eigenvalue weighted by Gasteiger charge is -2.20. The van der Waals surface area contributed by atoms with Gasteiger partial charge in [0.25, 0.3) is 5.91 Å². The maximum Gasteiger partial charge on any atom is 0.252 e. The van der Waals surface area contributed by atoms with E-state index in [0.29, 0.717) is 12.0 Å². The van der Waals surface area contributed by atoms with Gasteiger partial charge in [0.15, 0.2) is 0 Å². The zero-order valence-corrected chi connectivity index (χ0v) is 17.4. The van der Waals surface area contributed by atoms with Gasteiger partial charge in [-0.2, -0.15) is 0 Å². The normalized spacial score (nSPS) is 11.5. The van der Waals surface area contributed by atoms with E-state index in [1.807, 2.05) is 78.9 Å². The van der Waals surface area contributed by atoms with Gasteiger partial charge in [0.2, 0.25) is 5.91 Å². The van der Waals surface area contributed by atoms with Gasteiger partial charge >= 0.3 is 0 Å². The third-order valence-electron chi connectivity index (χ3n) is 4.35. The van der Waals surface area contributed by atoms with Gasteiger partial charge in [-0.25, -0.2) is 0 Å². The van der Waals surface area contributed by atoms with E-state index in [4.69, 9.17) is 0 Å². The highest BCUT2D eigenvalue weighted by Crippen LogP contribution is 2.18. The molecular formula is C23H21IN2O2. The van der Waals surface area contributed by atoms with Crippen molar-refractivity contribution in [1.82, 2.24) is 10.6 Å². The van der Waals surface area contributed by atoms with Gasteiger partial charge in [-0.1, -0.05) is 72.8 Å². The summed E-state index contributed by atoms with van der Waals surface area (Å²) in [7, 11) is 0. The van der Waals surface area contributed by atoms with Crippen molar-refractivity contribution in [3.8, 4) is 0 Å². The van der Waals surface area contributed by atoms with E-state index in [9.17, 15) is 9.59 Å². The molecule has 0 spiro atoms. The smallest absolute Gasteiger partial charge is 0.252 e. The number of carbonyl (C=O) groups is 2. The highest BCUT2D eigenvalue weighted by atomic mass is 127. The molecule has 0 aliphatic rings. The standard InChI is InChI=1S/C23H21IN2O2/c24-20-14-8-7-13-19(20)23(28)25-16-22(27)26-21(18-11-5-2-6-12-18)15-17-9-3-1-4-10-17/h1-14,21H,15-16H2,(H,25,28)(H,26,27). The van der Waals surface area contributed by atoms with E-state index in [1.54, 1.807) is 6.07 Å². The number of amides is 2. The quantitative estimate of drug-likeness (QED) is 0.496. The summed E-state index contributed by atoms with van der Waals surface area (Å²) in [4.78, 5) is 24.8. The fourth-order valence-corrected chi connectivity index (χ4v) is 3.57. The number of hydrogen-bond acceptors (Lipinski definition) is 2. The lowest BCUT2D eigenvalue weighted by atomic mass is 9.99. The first-order valence-electron chi connectivity index (χ1n) is 9.04. The van der Waals surface area contributed by atoms with Gasteiger partial charge in [0.1, 0.15) is 0 Å². The van der Waals surface area contributed by atoms with E-state index in [0.717, 1.165) is 14.7 Å². The zero-order chi connectivity index (χ0) is 19.8. The van der Waals surface area contributed by atoms with Crippen molar-refractivity contribution in [2.75, 3.05) is 6.54 Å². The molecule has 2 amide bonds. The van der Waals surface area contributed by atoms with Gasteiger partial charge in [0.05, 0.1) is 18.2 Å². The van der Waals surface area contributed by atoms with Crippen molar-refractivity contribution in [2.45, 2.75) is 12.5 Å². The van der Waals surface area contributed by atoms with Crippen LogP contribution in [0.4, 0.5) is 0 Å². The van der Waals surface area contributed by atoms with E-state index >= 15 is 0 Å². The fraction of sp³-hybridized carbons (Fsp3) is 0.130. The molecule has 0 aliphatic heterocycles. The Labute approximate surface area is 178 Å². The van der Waals surface area contributed by atoms with Crippen molar-refractivity contribution >= 4 is 34.4 Å². The van der Waals surface area contributed by atoms with Crippen LogP contribution in [0.25, 0.3) is 0 Å². The first kappa shape index (κ1) is 20.1. The van der Waals surface area contributed by atoms with Crippen LogP contribution in [0.15, 0.2) is 84.9 Å². The van der Waals surface area contributed by atoms with E-state index in [2.05, 4.69) is 33.2 Å². The van der Waals surface area contributed by atoms with Crippen LogP contribution >= 0.6 is 22.6 Å². The van der Waals surface area contributed by atoms with Crippen LogP contribution in [-0.4, -0.2) is 18.4 Å². The number of hydrogen-bond donors (Lipinski definition) is 2. The van der Waals surface area contributed by atoms with Crippen molar-refractivity contribution in [1.29, 1.82) is 0 Å². The number of nitrogens with one attached hydrogen (secondary N) is 2. The largest absolute Gasteiger partial charge is 0.347 e. The second-order valence-corrected chi connectivity index (χ2v) is 7.55. The molecule has 0 aliphatic carbocycles. The van der Waals surface area contributed by atoms with Gasteiger partial charge < -0.3 is 10.6 Å². The number of halogens is 1. The van der Waals surface area contributed by atoms with Crippen LogP contribution in [0, 0.1) is 3.57 Å². The minimum atomic E-state index is -0.250. The summed E-state index contributed by atoms with van der Waals surface area (Å²) in [5.41, 5.74) is 2.74. The average Bonchev–Trinajstić information content (AvgIpc) is 2.73. The van der Waals surface area contributed by atoms with Gasteiger partial charge in [0, 0.05) is 3.57 Å². The minimum Gasteiger partial charge on any atom is -0.347 e. The lowest BCUT2D eigenvalue weighted by Crippen LogP contribution is -2.39. The van der Waals surface area contributed by atoms with Crippen molar-refractivity contribution < 1.29 is 9.59 Å². The summed E-state index contributed by atoms with van der Waals surface area (Å²) in [6.07, 6.45) is 0.682. The maximum absolute atomic E-state index is 12.5. The van der Waals surface area contributed by atoms with Crippen LogP contribution in [0.1, 0.15) is 27.5 Å². The molecule has 142 valence electrons. The van der Waals surface area contributed by atoms with E-state index in [1.165, 1.54) is 0 Å². The highest BCUT2D eigenvalue weighted by Gasteiger charge is 2.16. The Morgan fingerprint density at radius 3 is 2.11 bits per heavy atom. The SMILES string of the molecule is O=C(CNC(=O)c1ccccc1I)NC(Cc1ccccc1)c1ccccc1.